The molecule has 2 amide bonds. The first-order valence-corrected chi connectivity index (χ1v) is 14.5. The number of halogens is 1. The number of aryl methyl sites for hydroxylation is 1. The average Bonchev–Trinajstić information content (AvgIpc) is 2.92. The molecule has 0 aliphatic carbocycles. The van der Waals surface area contributed by atoms with E-state index < -0.39 is 34.3 Å². The molecule has 1 N–H and O–H groups in total. The number of hydrogen-bond acceptors (Lipinski definition) is 4. The summed E-state index contributed by atoms with van der Waals surface area (Å²) >= 11 is 0. The van der Waals surface area contributed by atoms with Crippen LogP contribution in [0.15, 0.2) is 83.8 Å². The number of hydrogen-bond donors (Lipinski definition) is 1. The average molecular weight is 554 g/mol. The van der Waals surface area contributed by atoms with Gasteiger partial charge in [-0.25, -0.2) is 12.8 Å². The second kappa shape index (κ2) is 13.4. The lowest BCUT2D eigenvalue weighted by Gasteiger charge is -2.32. The molecule has 0 heterocycles. The van der Waals surface area contributed by atoms with Crippen LogP contribution in [0, 0.1) is 12.7 Å². The molecule has 7 nitrogen and oxygen atoms in total. The molecule has 2 atom stereocenters. The maximum atomic E-state index is 14.9. The lowest BCUT2D eigenvalue weighted by atomic mass is 10.1. The van der Waals surface area contributed by atoms with E-state index in [1.807, 2.05) is 51.1 Å². The molecule has 3 rings (SSSR count). The maximum Gasteiger partial charge on any atom is 0.264 e. The van der Waals surface area contributed by atoms with Crippen LogP contribution in [-0.4, -0.2) is 50.3 Å². The smallest absolute Gasteiger partial charge is 0.264 e. The molecule has 208 valence electrons. The van der Waals surface area contributed by atoms with Gasteiger partial charge in [-0.2, -0.15) is 0 Å². The van der Waals surface area contributed by atoms with Gasteiger partial charge >= 0.3 is 0 Å². The van der Waals surface area contributed by atoms with Crippen molar-refractivity contribution in [2.24, 2.45) is 0 Å². The van der Waals surface area contributed by atoms with Gasteiger partial charge in [-0.15, -0.1) is 0 Å². The number of rotatable bonds is 12. The number of carbonyl (C=O) groups excluding carboxylic acids is 2. The van der Waals surface area contributed by atoms with E-state index in [0.29, 0.717) is 12.8 Å². The first-order chi connectivity index (χ1) is 18.5. The van der Waals surface area contributed by atoms with Crippen molar-refractivity contribution in [2.45, 2.75) is 57.5 Å². The first-order valence-electron chi connectivity index (χ1n) is 13.0. The van der Waals surface area contributed by atoms with E-state index in [4.69, 9.17) is 0 Å². The Bertz CT molecular complexity index is 1360. The summed E-state index contributed by atoms with van der Waals surface area (Å²) in [6.07, 6.45) is 1.17. The molecule has 0 fully saturated rings. The number of sulfonamides is 1. The summed E-state index contributed by atoms with van der Waals surface area (Å²) in [4.78, 5) is 28.1. The van der Waals surface area contributed by atoms with Crippen molar-refractivity contribution in [3.8, 4) is 0 Å². The summed E-state index contributed by atoms with van der Waals surface area (Å²) in [6.45, 7) is 6.75. The van der Waals surface area contributed by atoms with Crippen LogP contribution in [0.3, 0.4) is 0 Å². The van der Waals surface area contributed by atoms with Gasteiger partial charge in [0.05, 0.1) is 10.6 Å². The molecule has 0 saturated carbocycles. The SMILES string of the molecule is CC[C@@H](C)NC(=O)[C@@H](C)N(CCc1ccccc1)C(=O)CN(c1ccccc1F)S(=O)(=O)c1ccc(C)cc1. The molecule has 0 aliphatic heterocycles. The van der Waals surface area contributed by atoms with E-state index in [-0.39, 0.29) is 29.1 Å². The Hall–Kier alpha value is -3.72. The molecule has 0 radical (unpaired) electrons. The van der Waals surface area contributed by atoms with E-state index in [0.717, 1.165) is 21.5 Å². The monoisotopic (exact) mass is 553 g/mol. The Morgan fingerprint density at radius 3 is 2.15 bits per heavy atom. The van der Waals surface area contributed by atoms with E-state index in [2.05, 4.69) is 5.32 Å². The fourth-order valence-corrected chi connectivity index (χ4v) is 5.46. The van der Waals surface area contributed by atoms with Crippen LogP contribution in [0.25, 0.3) is 0 Å². The number of amides is 2. The zero-order valence-electron chi connectivity index (χ0n) is 22.8. The number of nitrogens with one attached hydrogen (secondary N) is 1. The second-order valence-corrected chi connectivity index (χ2v) is 11.5. The predicted octanol–water partition coefficient (Wildman–Crippen LogP) is 4.70. The van der Waals surface area contributed by atoms with E-state index in [1.54, 1.807) is 19.1 Å². The summed E-state index contributed by atoms with van der Waals surface area (Å²) in [7, 11) is -4.31. The Morgan fingerprint density at radius 2 is 1.54 bits per heavy atom. The molecule has 9 heteroatoms. The van der Waals surface area contributed by atoms with E-state index >= 15 is 0 Å². The minimum atomic E-state index is -4.31. The molecule has 39 heavy (non-hydrogen) atoms. The number of anilines is 1. The molecule has 3 aromatic carbocycles. The number of nitrogens with zero attached hydrogens (tertiary/aromatic N) is 2. The molecule has 0 spiro atoms. The number of benzene rings is 3. The van der Waals surface area contributed by atoms with Crippen LogP contribution in [0.1, 0.15) is 38.3 Å². The summed E-state index contributed by atoms with van der Waals surface area (Å²) < 4.78 is 43.2. The molecule has 0 unspecified atom stereocenters. The van der Waals surface area contributed by atoms with Crippen molar-refractivity contribution in [1.82, 2.24) is 10.2 Å². The fraction of sp³-hybridized carbons (Fsp3) is 0.333. The summed E-state index contributed by atoms with van der Waals surface area (Å²) in [5.41, 5.74) is 1.57. The molecular weight excluding hydrogens is 517 g/mol. The molecule has 0 aliphatic rings. The van der Waals surface area contributed by atoms with Crippen LogP contribution in [-0.2, 0) is 26.0 Å². The molecular formula is C30H36FN3O4S. The van der Waals surface area contributed by atoms with Gasteiger partial charge in [-0.3, -0.25) is 13.9 Å². The topological polar surface area (TPSA) is 86.8 Å². The van der Waals surface area contributed by atoms with Gasteiger partial charge in [0.2, 0.25) is 11.8 Å². The van der Waals surface area contributed by atoms with Crippen LogP contribution >= 0.6 is 0 Å². The molecule has 0 aromatic heterocycles. The van der Waals surface area contributed by atoms with E-state index in [9.17, 15) is 22.4 Å². The van der Waals surface area contributed by atoms with Crippen molar-refractivity contribution < 1.29 is 22.4 Å². The zero-order valence-corrected chi connectivity index (χ0v) is 23.6. The van der Waals surface area contributed by atoms with Gasteiger partial charge in [-0.05, 0) is 63.4 Å². The van der Waals surface area contributed by atoms with Crippen molar-refractivity contribution in [3.05, 3.63) is 95.8 Å². The highest BCUT2D eigenvalue weighted by molar-refractivity contribution is 7.92. The molecule has 0 saturated heterocycles. The van der Waals surface area contributed by atoms with Gasteiger partial charge in [0, 0.05) is 12.6 Å². The lowest BCUT2D eigenvalue weighted by Crippen LogP contribution is -2.53. The Morgan fingerprint density at radius 1 is 0.923 bits per heavy atom. The van der Waals surface area contributed by atoms with Crippen molar-refractivity contribution in [1.29, 1.82) is 0 Å². The van der Waals surface area contributed by atoms with Crippen molar-refractivity contribution in [3.63, 3.8) is 0 Å². The Kier molecular flexibility index (Phi) is 10.2. The Balaban J connectivity index is 1.98. The minimum absolute atomic E-state index is 0.0671. The standard InChI is InChI=1S/C30H36FN3O4S/c1-5-23(3)32-30(36)24(4)33(20-19-25-11-7-6-8-12-25)29(35)21-34(28-14-10-9-13-27(28)31)39(37,38)26-17-15-22(2)16-18-26/h6-18,23-24H,5,19-21H2,1-4H3,(H,32,36)/t23-,24-/m1/s1. The highest BCUT2D eigenvalue weighted by Gasteiger charge is 2.33. The maximum absolute atomic E-state index is 14.9. The van der Waals surface area contributed by atoms with Crippen molar-refractivity contribution >= 4 is 27.5 Å². The number of carbonyl (C=O) groups is 2. The van der Waals surface area contributed by atoms with Crippen LogP contribution in [0.5, 0.6) is 0 Å². The second-order valence-electron chi connectivity index (χ2n) is 9.59. The zero-order chi connectivity index (χ0) is 28.6. The van der Waals surface area contributed by atoms with Crippen LogP contribution < -0.4 is 9.62 Å². The molecule has 0 bridgehead atoms. The predicted molar refractivity (Wildman–Crippen MR) is 151 cm³/mol. The summed E-state index contributed by atoms with van der Waals surface area (Å²) in [6, 6.07) is 20.1. The molecule has 3 aromatic rings. The van der Waals surface area contributed by atoms with Crippen LogP contribution in [0.4, 0.5) is 10.1 Å². The number of para-hydroxylation sites is 1. The van der Waals surface area contributed by atoms with Gasteiger partial charge in [0.1, 0.15) is 18.4 Å². The lowest BCUT2D eigenvalue weighted by molar-refractivity contribution is -0.139. The fourth-order valence-electron chi connectivity index (χ4n) is 4.04. The summed E-state index contributed by atoms with van der Waals surface area (Å²) in [5.74, 6) is -1.74. The third kappa shape index (κ3) is 7.66. The van der Waals surface area contributed by atoms with Gasteiger partial charge in [-0.1, -0.05) is 67.1 Å². The van der Waals surface area contributed by atoms with Gasteiger partial charge < -0.3 is 10.2 Å². The third-order valence-electron chi connectivity index (χ3n) is 6.66. The largest absolute Gasteiger partial charge is 0.352 e. The normalized spacial score (nSPS) is 12.8. The minimum Gasteiger partial charge on any atom is -0.352 e. The third-order valence-corrected chi connectivity index (χ3v) is 8.44. The highest BCUT2D eigenvalue weighted by Crippen LogP contribution is 2.27. The summed E-state index contributed by atoms with van der Waals surface area (Å²) in [5, 5.41) is 2.89. The van der Waals surface area contributed by atoms with Crippen LogP contribution in [0.2, 0.25) is 0 Å². The quantitative estimate of drug-likeness (QED) is 0.352. The Labute approximate surface area is 230 Å². The van der Waals surface area contributed by atoms with Gasteiger partial charge in [0.25, 0.3) is 10.0 Å². The van der Waals surface area contributed by atoms with E-state index in [1.165, 1.54) is 35.2 Å². The first kappa shape index (κ1) is 29.8. The highest BCUT2D eigenvalue weighted by atomic mass is 32.2. The van der Waals surface area contributed by atoms with Crippen molar-refractivity contribution in [2.75, 3.05) is 17.4 Å². The van der Waals surface area contributed by atoms with Gasteiger partial charge in [0.15, 0.2) is 0 Å².